The zero-order chi connectivity index (χ0) is 17.4. The average molecular weight is 348 g/mol. The maximum atomic E-state index is 9.09. The van der Waals surface area contributed by atoms with Crippen molar-refractivity contribution in [2.75, 3.05) is 59.0 Å². The normalized spacial score (nSPS) is 34.6. The average Bonchev–Trinajstić information content (AvgIpc) is 2.63. The Hall–Kier alpha value is -0.420. The summed E-state index contributed by atoms with van der Waals surface area (Å²) in [5.74, 6) is 1.82. The van der Waals surface area contributed by atoms with Gasteiger partial charge < -0.3 is 5.11 Å². The fourth-order valence-corrected chi connectivity index (χ4v) is 5.85. The summed E-state index contributed by atoms with van der Waals surface area (Å²) < 4.78 is 0. The van der Waals surface area contributed by atoms with Crippen LogP contribution < -0.4 is 0 Å². The molecule has 4 nitrogen and oxygen atoms in total. The molecule has 0 aromatic carbocycles. The Labute approximate surface area is 153 Å². The molecule has 1 N–H and O–H groups in total. The summed E-state index contributed by atoms with van der Waals surface area (Å²) in [7, 11) is 0. The van der Waals surface area contributed by atoms with Crippen LogP contribution >= 0.6 is 0 Å². The van der Waals surface area contributed by atoms with E-state index in [0.29, 0.717) is 12.0 Å². The van der Waals surface area contributed by atoms with Gasteiger partial charge in [-0.3, -0.25) is 14.7 Å². The summed E-state index contributed by atoms with van der Waals surface area (Å²) >= 11 is 0. The van der Waals surface area contributed by atoms with Crippen molar-refractivity contribution in [2.45, 2.75) is 45.6 Å². The second-order valence-electron chi connectivity index (χ2n) is 9.43. The number of allylic oxidation sites excluding steroid dienone is 1. The van der Waals surface area contributed by atoms with Gasteiger partial charge in [-0.25, -0.2) is 0 Å². The van der Waals surface area contributed by atoms with Crippen molar-refractivity contribution in [1.82, 2.24) is 14.7 Å². The van der Waals surface area contributed by atoms with Crippen molar-refractivity contribution in [3.8, 4) is 0 Å². The van der Waals surface area contributed by atoms with Crippen molar-refractivity contribution < 1.29 is 5.11 Å². The van der Waals surface area contributed by atoms with Crippen molar-refractivity contribution in [3.05, 3.63) is 11.6 Å². The number of piperazine rings is 1. The first-order valence-electron chi connectivity index (χ1n) is 10.6. The molecule has 0 spiro atoms. The van der Waals surface area contributed by atoms with Crippen LogP contribution in [0, 0.1) is 17.3 Å². The molecule has 0 radical (unpaired) electrons. The zero-order valence-electron chi connectivity index (χ0n) is 16.3. The standard InChI is InChI=1S/C21H37N3O/c1-21(2)18-4-3-17(20(21)15-18)16-23-7-5-19(6-8-23)24-11-9-22(10-12-24)13-14-25/h3,18-20,25H,4-16H2,1-2H3/t18-,20-/m0/s1. The van der Waals surface area contributed by atoms with E-state index in [1.807, 2.05) is 0 Å². The summed E-state index contributed by atoms with van der Waals surface area (Å²) in [6, 6.07) is 0.789. The van der Waals surface area contributed by atoms with E-state index in [1.165, 1.54) is 58.4 Å². The van der Waals surface area contributed by atoms with Crippen molar-refractivity contribution in [3.63, 3.8) is 0 Å². The van der Waals surface area contributed by atoms with Crippen LogP contribution in [-0.4, -0.2) is 84.8 Å². The SMILES string of the molecule is CC1(C)[C@H]2CC=C(CN3CCC(N4CCN(CCO)CC4)CC3)[C@@H]1C2. The minimum Gasteiger partial charge on any atom is -0.395 e. The lowest BCUT2D eigenvalue weighted by molar-refractivity contribution is -0.0125. The zero-order valence-corrected chi connectivity index (χ0v) is 16.3. The molecule has 3 aliphatic carbocycles. The first kappa shape index (κ1) is 18.0. The van der Waals surface area contributed by atoms with E-state index in [9.17, 15) is 0 Å². The lowest BCUT2D eigenvalue weighted by atomic mass is 9.49. The highest BCUT2D eigenvalue weighted by Crippen LogP contribution is 2.59. The third kappa shape index (κ3) is 3.55. The monoisotopic (exact) mass is 347 g/mol. The van der Waals surface area contributed by atoms with Crippen LogP contribution in [0.3, 0.4) is 0 Å². The molecule has 1 saturated carbocycles. The number of aliphatic hydroxyl groups is 1. The number of aliphatic hydroxyl groups excluding tert-OH is 1. The second-order valence-corrected chi connectivity index (χ2v) is 9.43. The number of hydrogen-bond acceptors (Lipinski definition) is 4. The molecule has 2 heterocycles. The third-order valence-electron chi connectivity index (χ3n) is 7.89. The maximum Gasteiger partial charge on any atom is 0.0558 e. The van der Waals surface area contributed by atoms with E-state index in [4.69, 9.17) is 5.11 Å². The number of likely N-dealkylation sites (tertiary alicyclic amines) is 1. The van der Waals surface area contributed by atoms with Gasteiger partial charge in [0.15, 0.2) is 0 Å². The van der Waals surface area contributed by atoms with Crippen LogP contribution in [0.1, 0.15) is 39.5 Å². The van der Waals surface area contributed by atoms with Gasteiger partial charge in [-0.05, 0) is 56.0 Å². The number of nitrogens with zero attached hydrogens (tertiary/aromatic N) is 3. The lowest BCUT2D eigenvalue weighted by Crippen LogP contribution is -2.54. The predicted molar refractivity (Wildman–Crippen MR) is 103 cm³/mol. The molecule has 0 amide bonds. The van der Waals surface area contributed by atoms with Crippen LogP contribution in [0.4, 0.5) is 0 Å². The smallest absolute Gasteiger partial charge is 0.0558 e. The molecular weight excluding hydrogens is 310 g/mol. The van der Waals surface area contributed by atoms with Gasteiger partial charge in [0.05, 0.1) is 6.61 Å². The van der Waals surface area contributed by atoms with Crippen LogP contribution in [0.15, 0.2) is 11.6 Å². The molecule has 3 fully saturated rings. The summed E-state index contributed by atoms with van der Waals surface area (Å²) in [4.78, 5) is 7.83. The molecule has 0 aromatic heterocycles. The largest absolute Gasteiger partial charge is 0.395 e. The molecule has 0 unspecified atom stereocenters. The predicted octanol–water partition coefficient (Wildman–Crippen LogP) is 2.05. The van der Waals surface area contributed by atoms with Crippen molar-refractivity contribution in [2.24, 2.45) is 17.3 Å². The van der Waals surface area contributed by atoms with Crippen LogP contribution in [0.25, 0.3) is 0 Å². The Morgan fingerprint density at radius 2 is 1.76 bits per heavy atom. The van der Waals surface area contributed by atoms with Crippen molar-refractivity contribution >= 4 is 0 Å². The quantitative estimate of drug-likeness (QED) is 0.771. The molecule has 5 rings (SSSR count). The fraction of sp³-hybridized carbons (Fsp3) is 0.905. The van der Waals surface area contributed by atoms with Gasteiger partial charge in [0.1, 0.15) is 0 Å². The van der Waals surface area contributed by atoms with E-state index >= 15 is 0 Å². The lowest BCUT2D eigenvalue weighted by Gasteiger charge is -2.57. The first-order valence-corrected chi connectivity index (χ1v) is 10.6. The number of hydrogen-bond donors (Lipinski definition) is 1. The number of rotatable bonds is 5. The molecule has 2 aliphatic heterocycles. The molecule has 2 saturated heterocycles. The van der Waals surface area contributed by atoms with Gasteiger partial charge in [-0.2, -0.15) is 0 Å². The molecule has 2 bridgehead atoms. The minimum absolute atomic E-state index is 0.298. The summed E-state index contributed by atoms with van der Waals surface area (Å²) in [5.41, 5.74) is 2.32. The van der Waals surface area contributed by atoms with E-state index in [0.717, 1.165) is 37.5 Å². The molecule has 0 aromatic rings. The summed E-state index contributed by atoms with van der Waals surface area (Å²) in [5, 5.41) is 9.09. The van der Waals surface area contributed by atoms with Crippen LogP contribution in [-0.2, 0) is 0 Å². The van der Waals surface area contributed by atoms with Crippen LogP contribution in [0.2, 0.25) is 0 Å². The molecule has 25 heavy (non-hydrogen) atoms. The van der Waals surface area contributed by atoms with Crippen molar-refractivity contribution in [1.29, 1.82) is 0 Å². The Morgan fingerprint density at radius 3 is 2.36 bits per heavy atom. The molecule has 5 aliphatic rings. The number of piperidine rings is 1. The van der Waals surface area contributed by atoms with E-state index in [2.05, 4.69) is 34.6 Å². The minimum atomic E-state index is 0.298. The molecule has 2 atom stereocenters. The molecule has 142 valence electrons. The summed E-state index contributed by atoms with van der Waals surface area (Å²) in [6.07, 6.45) is 8.03. The van der Waals surface area contributed by atoms with Gasteiger partial charge >= 0.3 is 0 Å². The van der Waals surface area contributed by atoms with Gasteiger partial charge in [-0.1, -0.05) is 25.5 Å². The van der Waals surface area contributed by atoms with Gasteiger partial charge in [0, 0.05) is 45.3 Å². The fourth-order valence-electron chi connectivity index (χ4n) is 5.85. The second kappa shape index (κ2) is 7.30. The highest BCUT2D eigenvalue weighted by molar-refractivity contribution is 5.24. The Kier molecular flexibility index (Phi) is 5.25. The highest BCUT2D eigenvalue weighted by Gasteiger charge is 2.51. The first-order chi connectivity index (χ1) is 12.1. The summed E-state index contributed by atoms with van der Waals surface area (Å²) in [6.45, 7) is 14.5. The Bertz CT molecular complexity index is 487. The topological polar surface area (TPSA) is 30.0 Å². The Balaban J connectivity index is 1.22. The van der Waals surface area contributed by atoms with Gasteiger partial charge in [0.25, 0.3) is 0 Å². The Morgan fingerprint density at radius 1 is 1.04 bits per heavy atom. The number of fused-ring (bicyclic) bond motifs is 1. The maximum absolute atomic E-state index is 9.09. The molecular formula is C21H37N3O. The van der Waals surface area contributed by atoms with Gasteiger partial charge in [-0.15, -0.1) is 0 Å². The number of β-amino-alcohol motifs (C(OH)–C–C–N with tert-alkyl or cyclic N) is 1. The third-order valence-corrected chi connectivity index (χ3v) is 7.89. The van der Waals surface area contributed by atoms with E-state index in [1.54, 1.807) is 5.57 Å². The van der Waals surface area contributed by atoms with Gasteiger partial charge in [0.2, 0.25) is 0 Å². The van der Waals surface area contributed by atoms with E-state index < -0.39 is 0 Å². The van der Waals surface area contributed by atoms with Crippen LogP contribution in [0.5, 0.6) is 0 Å². The van der Waals surface area contributed by atoms with E-state index in [-0.39, 0.29) is 0 Å². The molecule has 4 heteroatoms. The highest BCUT2D eigenvalue weighted by atomic mass is 16.3.